The number of hydrogen-bond donors (Lipinski definition) is 2. The molecule has 1 aliphatic heterocycles. The lowest BCUT2D eigenvalue weighted by Crippen LogP contribution is -2.41. The van der Waals surface area contributed by atoms with Gasteiger partial charge in [-0.05, 0) is 25.1 Å². The number of imide groups is 1. The molecule has 1 fully saturated rings. The van der Waals surface area contributed by atoms with Crippen LogP contribution in [0.3, 0.4) is 0 Å². The number of halogens is 3. The lowest BCUT2D eigenvalue weighted by Gasteiger charge is -2.18. The quantitative estimate of drug-likeness (QED) is 0.727. The number of carbonyl (C=O) groups is 4. The predicted molar refractivity (Wildman–Crippen MR) is 90.1 cm³/mol. The van der Waals surface area contributed by atoms with Crippen molar-refractivity contribution in [2.24, 2.45) is 5.92 Å². The van der Waals surface area contributed by atoms with E-state index in [4.69, 9.17) is 4.74 Å². The number of ether oxygens (including phenoxy) is 1. The molecule has 1 aromatic carbocycles. The van der Waals surface area contributed by atoms with Crippen molar-refractivity contribution in [3.05, 3.63) is 29.8 Å². The van der Waals surface area contributed by atoms with Crippen LogP contribution in [0.2, 0.25) is 0 Å². The van der Waals surface area contributed by atoms with Crippen LogP contribution in [0, 0.1) is 5.92 Å². The molecule has 4 amide bonds. The SMILES string of the molecule is CCNC(=O)NC(=O)COC(=O)[C@@H]1CC(=O)N(c2cccc(C(F)(F)F)c2)C1. The highest BCUT2D eigenvalue weighted by molar-refractivity contribution is 6.00. The van der Waals surface area contributed by atoms with Crippen LogP contribution in [0.1, 0.15) is 18.9 Å². The molecule has 152 valence electrons. The summed E-state index contributed by atoms with van der Waals surface area (Å²) in [5.74, 6) is -3.17. The Kier molecular flexibility index (Phi) is 6.60. The van der Waals surface area contributed by atoms with E-state index in [1.54, 1.807) is 6.92 Å². The highest BCUT2D eigenvalue weighted by atomic mass is 19.4. The highest BCUT2D eigenvalue weighted by Gasteiger charge is 2.37. The Morgan fingerprint density at radius 3 is 2.64 bits per heavy atom. The summed E-state index contributed by atoms with van der Waals surface area (Å²) in [6.07, 6.45) is -4.82. The van der Waals surface area contributed by atoms with Crippen molar-refractivity contribution in [3.8, 4) is 0 Å². The number of alkyl halides is 3. The molecule has 1 saturated heterocycles. The van der Waals surface area contributed by atoms with Crippen LogP contribution in [-0.2, 0) is 25.3 Å². The lowest BCUT2D eigenvalue weighted by molar-refractivity contribution is -0.152. The Bertz CT molecular complexity index is 782. The first-order chi connectivity index (χ1) is 13.1. The van der Waals surface area contributed by atoms with Crippen LogP contribution in [0.25, 0.3) is 0 Å². The zero-order valence-corrected chi connectivity index (χ0v) is 14.8. The van der Waals surface area contributed by atoms with E-state index in [1.165, 1.54) is 12.1 Å². The van der Waals surface area contributed by atoms with Gasteiger partial charge in [-0.15, -0.1) is 0 Å². The topological polar surface area (TPSA) is 105 Å². The number of hydrogen-bond acceptors (Lipinski definition) is 5. The van der Waals surface area contributed by atoms with Crippen LogP contribution < -0.4 is 15.5 Å². The number of anilines is 1. The normalized spacial score (nSPS) is 16.6. The molecule has 2 rings (SSSR count). The Labute approximate surface area is 158 Å². The third-order valence-electron chi connectivity index (χ3n) is 3.88. The number of benzene rings is 1. The minimum absolute atomic E-state index is 0.0177. The van der Waals surface area contributed by atoms with Crippen LogP contribution in [-0.4, -0.2) is 43.5 Å². The standard InChI is InChI=1S/C17H18F3N3O5/c1-2-21-16(27)22-13(24)9-28-15(26)10-6-14(25)23(8-10)12-5-3-4-11(7-12)17(18,19)20/h3-5,7,10H,2,6,8-9H2,1H3,(H2,21,22,24,27)/t10-/m1/s1. The first-order valence-corrected chi connectivity index (χ1v) is 8.33. The summed E-state index contributed by atoms with van der Waals surface area (Å²) in [4.78, 5) is 47.9. The molecule has 11 heteroatoms. The molecule has 28 heavy (non-hydrogen) atoms. The molecule has 0 radical (unpaired) electrons. The minimum atomic E-state index is -4.56. The predicted octanol–water partition coefficient (Wildman–Crippen LogP) is 1.45. The molecule has 8 nitrogen and oxygen atoms in total. The number of urea groups is 1. The third kappa shape index (κ3) is 5.44. The molecule has 0 aliphatic carbocycles. The molecule has 2 N–H and O–H groups in total. The fraction of sp³-hybridized carbons (Fsp3) is 0.412. The van der Waals surface area contributed by atoms with Gasteiger partial charge in [-0.1, -0.05) is 6.07 Å². The van der Waals surface area contributed by atoms with Gasteiger partial charge in [0.1, 0.15) is 0 Å². The number of nitrogens with zero attached hydrogens (tertiary/aromatic N) is 1. The minimum Gasteiger partial charge on any atom is -0.455 e. The zero-order valence-electron chi connectivity index (χ0n) is 14.8. The van der Waals surface area contributed by atoms with Gasteiger partial charge in [-0.25, -0.2) is 4.79 Å². The van der Waals surface area contributed by atoms with Crippen molar-refractivity contribution in [2.45, 2.75) is 19.5 Å². The van der Waals surface area contributed by atoms with Gasteiger partial charge < -0.3 is 15.0 Å². The van der Waals surface area contributed by atoms with E-state index >= 15 is 0 Å². The summed E-state index contributed by atoms with van der Waals surface area (Å²) < 4.78 is 43.3. The van der Waals surface area contributed by atoms with Crippen molar-refractivity contribution in [3.63, 3.8) is 0 Å². The monoisotopic (exact) mass is 401 g/mol. The van der Waals surface area contributed by atoms with E-state index in [2.05, 4.69) is 5.32 Å². The van der Waals surface area contributed by atoms with Crippen LogP contribution in [0.5, 0.6) is 0 Å². The molecular weight excluding hydrogens is 383 g/mol. The van der Waals surface area contributed by atoms with Crippen molar-refractivity contribution in [1.82, 2.24) is 10.6 Å². The van der Waals surface area contributed by atoms with Gasteiger partial charge in [0.15, 0.2) is 6.61 Å². The number of carbonyl (C=O) groups excluding carboxylic acids is 4. The summed E-state index contributed by atoms with van der Waals surface area (Å²) in [6, 6.07) is 3.47. The molecule has 0 aromatic heterocycles. The van der Waals surface area contributed by atoms with E-state index in [1.807, 2.05) is 5.32 Å². The molecule has 0 spiro atoms. The van der Waals surface area contributed by atoms with E-state index in [0.717, 1.165) is 17.0 Å². The Morgan fingerprint density at radius 1 is 1.29 bits per heavy atom. The third-order valence-corrected chi connectivity index (χ3v) is 3.88. The largest absolute Gasteiger partial charge is 0.455 e. The van der Waals surface area contributed by atoms with Gasteiger partial charge >= 0.3 is 18.2 Å². The number of nitrogens with one attached hydrogen (secondary N) is 2. The van der Waals surface area contributed by atoms with Gasteiger partial charge in [0.25, 0.3) is 5.91 Å². The lowest BCUT2D eigenvalue weighted by atomic mass is 10.1. The van der Waals surface area contributed by atoms with Crippen LogP contribution in [0.4, 0.5) is 23.7 Å². The molecule has 1 atom stereocenters. The number of amides is 4. The van der Waals surface area contributed by atoms with Gasteiger partial charge in [-0.2, -0.15) is 13.2 Å². The summed E-state index contributed by atoms with van der Waals surface area (Å²) in [7, 11) is 0. The average Bonchev–Trinajstić information content (AvgIpc) is 3.01. The van der Waals surface area contributed by atoms with Crippen molar-refractivity contribution >= 4 is 29.5 Å². The smallest absolute Gasteiger partial charge is 0.416 e. The number of esters is 1. The Morgan fingerprint density at radius 2 is 2.00 bits per heavy atom. The Balaban J connectivity index is 1.94. The number of rotatable bonds is 5. The van der Waals surface area contributed by atoms with Gasteiger partial charge in [0, 0.05) is 25.2 Å². The van der Waals surface area contributed by atoms with Crippen LogP contribution in [0.15, 0.2) is 24.3 Å². The molecule has 1 aromatic rings. The fourth-order valence-electron chi connectivity index (χ4n) is 2.59. The second-order valence-electron chi connectivity index (χ2n) is 5.97. The van der Waals surface area contributed by atoms with E-state index in [0.29, 0.717) is 6.54 Å². The summed E-state index contributed by atoms with van der Waals surface area (Å²) in [5, 5.41) is 4.26. The molecule has 0 bridgehead atoms. The maximum absolute atomic E-state index is 12.8. The van der Waals surface area contributed by atoms with Gasteiger partial charge in [0.2, 0.25) is 5.91 Å². The van der Waals surface area contributed by atoms with E-state index < -0.39 is 48.1 Å². The fourth-order valence-corrected chi connectivity index (χ4v) is 2.59. The van der Waals surface area contributed by atoms with E-state index in [-0.39, 0.29) is 18.7 Å². The van der Waals surface area contributed by atoms with Gasteiger partial charge in [-0.3, -0.25) is 19.7 Å². The molecule has 0 saturated carbocycles. The van der Waals surface area contributed by atoms with Crippen molar-refractivity contribution in [2.75, 3.05) is 24.6 Å². The Hall–Kier alpha value is -3.11. The highest BCUT2D eigenvalue weighted by Crippen LogP contribution is 2.33. The van der Waals surface area contributed by atoms with Crippen molar-refractivity contribution < 1.29 is 37.1 Å². The maximum atomic E-state index is 12.8. The second kappa shape index (κ2) is 8.72. The molecule has 1 aliphatic rings. The molecule has 0 unspecified atom stereocenters. The average molecular weight is 401 g/mol. The first-order valence-electron chi connectivity index (χ1n) is 8.33. The summed E-state index contributed by atoms with van der Waals surface area (Å²) >= 11 is 0. The van der Waals surface area contributed by atoms with Gasteiger partial charge in [0.05, 0.1) is 11.5 Å². The zero-order chi connectivity index (χ0) is 20.9. The summed E-state index contributed by atoms with van der Waals surface area (Å²) in [5.41, 5.74) is -0.894. The second-order valence-corrected chi connectivity index (χ2v) is 5.97. The van der Waals surface area contributed by atoms with E-state index in [9.17, 15) is 32.3 Å². The molecular formula is C17H18F3N3O5. The van der Waals surface area contributed by atoms with Crippen LogP contribution >= 0.6 is 0 Å². The first kappa shape index (κ1) is 21.2. The summed E-state index contributed by atoms with van der Waals surface area (Å²) in [6.45, 7) is 1.06. The maximum Gasteiger partial charge on any atom is 0.416 e. The molecule has 1 heterocycles. The van der Waals surface area contributed by atoms with Crippen molar-refractivity contribution in [1.29, 1.82) is 0 Å².